The van der Waals surface area contributed by atoms with E-state index in [-0.39, 0.29) is 37.1 Å². The van der Waals surface area contributed by atoms with E-state index in [4.69, 9.17) is 0 Å². The van der Waals surface area contributed by atoms with Crippen molar-refractivity contribution in [1.82, 2.24) is 10.2 Å². The van der Waals surface area contributed by atoms with Gasteiger partial charge in [-0.3, -0.25) is 14.4 Å². The van der Waals surface area contributed by atoms with Crippen LogP contribution in [0.1, 0.15) is 12.8 Å². The van der Waals surface area contributed by atoms with Gasteiger partial charge in [0.05, 0.1) is 11.4 Å². The van der Waals surface area contributed by atoms with Gasteiger partial charge in [0.25, 0.3) is 0 Å². The monoisotopic (exact) mass is 318 g/mol. The van der Waals surface area contributed by atoms with Gasteiger partial charge in [0, 0.05) is 33.0 Å². The Hall–Kier alpha value is -2.41. The van der Waals surface area contributed by atoms with Crippen LogP contribution in [0.5, 0.6) is 0 Å². The molecule has 2 N–H and O–H groups in total. The van der Waals surface area contributed by atoms with Gasteiger partial charge in [-0.1, -0.05) is 12.1 Å². The molecule has 0 unspecified atom stereocenters. The summed E-state index contributed by atoms with van der Waals surface area (Å²) in [5.74, 6) is -0.527. The van der Waals surface area contributed by atoms with Crippen LogP contribution in [-0.4, -0.2) is 56.4 Å². The number of amides is 3. The van der Waals surface area contributed by atoms with Crippen molar-refractivity contribution in [1.29, 1.82) is 0 Å². The Bertz CT molecular complexity index is 603. The van der Waals surface area contributed by atoms with E-state index >= 15 is 0 Å². The van der Waals surface area contributed by atoms with Crippen LogP contribution in [0.25, 0.3) is 0 Å². The third kappa shape index (κ3) is 4.29. The lowest BCUT2D eigenvalue weighted by Gasteiger charge is -2.29. The van der Waals surface area contributed by atoms with E-state index in [9.17, 15) is 14.4 Å². The van der Waals surface area contributed by atoms with Gasteiger partial charge < -0.3 is 20.4 Å². The quantitative estimate of drug-likeness (QED) is 0.797. The van der Waals surface area contributed by atoms with Gasteiger partial charge >= 0.3 is 0 Å². The molecule has 1 heterocycles. The maximum absolute atomic E-state index is 12.4. The number of rotatable bonds is 6. The van der Waals surface area contributed by atoms with Crippen molar-refractivity contribution < 1.29 is 14.4 Å². The van der Waals surface area contributed by atoms with Crippen LogP contribution in [0.4, 0.5) is 11.4 Å². The molecule has 0 bridgehead atoms. The fraction of sp³-hybridized carbons (Fsp3) is 0.438. The summed E-state index contributed by atoms with van der Waals surface area (Å²) in [5, 5.41) is 5.71. The highest BCUT2D eigenvalue weighted by Crippen LogP contribution is 2.29. The summed E-state index contributed by atoms with van der Waals surface area (Å²) in [4.78, 5) is 39.2. The molecular weight excluding hydrogens is 296 g/mol. The summed E-state index contributed by atoms with van der Waals surface area (Å²) in [6.45, 7) is 1.29. The first-order chi connectivity index (χ1) is 11.0. The van der Waals surface area contributed by atoms with E-state index in [0.29, 0.717) is 24.5 Å². The number of hydrogen-bond donors (Lipinski definition) is 2. The Labute approximate surface area is 135 Å². The average molecular weight is 318 g/mol. The second-order valence-corrected chi connectivity index (χ2v) is 5.46. The topological polar surface area (TPSA) is 81.8 Å². The average Bonchev–Trinajstić information content (AvgIpc) is 2.56. The SMILES string of the molecule is CNCCN(C)C(=O)CCC(=O)N1CC(=O)Nc2ccccc21. The number of carbonyl (C=O) groups excluding carboxylic acids is 3. The maximum Gasteiger partial charge on any atom is 0.244 e. The van der Waals surface area contributed by atoms with E-state index in [0.717, 1.165) is 0 Å². The molecule has 2 rings (SSSR count). The largest absolute Gasteiger partial charge is 0.344 e. The minimum atomic E-state index is -0.227. The Morgan fingerprint density at radius 3 is 2.78 bits per heavy atom. The number of likely N-dealkylation sites (N-methyl/N-ethyl adjacent to an activating group) is 2. The first kappa shape index (κ1) is 17.0. The molecule has 124 valence electrons. The van der Waals surface area contributed by atoms with Crippen molar-refractivity contribution in [2.75, 3.05) is 43.9 Å². The van der Waals surface area contributed by atoms with Gasteiger partial charge in [0.1, 0.15) is 6.54 Å². The number of carbonyl (C=O) groups is 3. The minimum Gasteiger partial charge on any atom is -0.344 e. The Morgan fingerprint density at radius 2 is 2.04 bits per heavy atom. The number of hydrogen-bond acceptors (Lipinski definition) is 4. The summed E-state index contributed by atoms with van der Waals surface area (Å²) in [6, 6.07) is 7.15. The van der Waals surface area contributed by atoms with Crippen molar-refractivity contribution in [3.8, 4) is 0 Å². The number of fused-ring (bicyclic) bond motifs is 1. The van der Waals surface area contributed by atoms with E-state index in [1.807, 2.05) is 13.1 Å². The normalized spacial score (nSPS) is 13.3. The fourth-order valence-corrected chi connectivity index (χ4v) is 2.40. The molecule has 1 aromatic rings. The van der Waals surface area contributed by atoms with Crippen molar-refractivity contribution in [3.63, 3.8) is 0 Å². The minimum absolute atomic E-state index is 0.0143. The summed E-state index contributed by atoms with van der Waals surface area (Å²) in [5.41, 5.74) is 1.29. The smallest absolute Gasteiger partial charge is 0.244 e. The zero-order chi connectivity index (χ0) is 16.8. The van der Waals surface area contributed by atoms with Crippen LogP contribution in [0, 0.1) is 0 Å². The van der Waals surface area contributed by atoms with Crippen LogP contribution in [0.2, 0.25) is 0 Å². The molecule has 7 nitrogen and oxygen atoms in total. The van der Waals surface area contributed by atoms with Crippen LogP contribution in [-0.2, 0) is 14.4 Å². The number of anilines is 2. The van der Waals surface area contributed by atoms with Crippen LogP contribution < -0.4 is 15.5 Å². The molecule has 0 saturated heterocycles. The lowest BCUT2D eigenvalue weighted by Crippen LogP contribution is -2.42. The molecule has 1 aliphatic rings. The molecule has 0 aliphatic carbocycles. The van der Waals surface area contributed by atoms with E-state index in [2.05, 4.69) is 10.6 Å². The second kappa shape index (κ2) is 7.73. The van der Waals surface area contributed by atoms with Gasteiger partial charge in [-0.15, -0.1) is 0 Å². The van der Waals surface area contributed by atoms with Gasteiger partial charge in [-0.25, -0.2) is 0 Å². The van der Waals surface area contributed by atoms with Crippen molar-refractivity contribution in [2.24, 2.45) is 0 Å². The maximum atomic E-state index is 12.4. The zero-order valence-corrected chi connectivity index (χ0v) is 13.5. The Balaban J connectivity index is 1.96. The highest BCUT2D eigenvalue weighted by atomic mass is 16.2. The summed E-state index contributed by atoms with van der Waals surface area (Å²) < 4.78 is 0. The zero-order valence-electron chi connectivity index (χ0n) is 13.5. The fourth-order valence-electron chi connectivity index (χ4n) is 2.40. The molecule has 23 heavy (non-hydrogen) atoms. The van der Waals surface area contributed by atoms with Crippen LogP contribution >= 0.6 is 0 Å². The molecule has 1 aliphatic heterocycles. The summed E-state index contributed by atoms with van der Waals surface area (Å²) in [7, 11) is 3.54. The molecule has 0 atom stereocenters. The summed E-state index contributed by atoms with van der Waals surface area (Å²) in [6.07, 6.45) is 0.226. The lowest BCUT2D eigenvalue weighted by atomic mass is 10.1. The molecule has 7 heteroatoms. The first-order valence-corrected chi connectivity index (χ1v) is 7.60. The second-order valence-electron chi connectivity index (χ2n) is 5.46. The standard InChI is InChI=1S/C16H22N4O3/c1-17-9-10-19(2)15(22)7-8-16(23)20-11-14(21)18-12-5-3-4-6-13(12)20/h3-6,17H,7-11H2,1-2H3,(H,18,21). The third-order valence-electron chi connectivity index (χ3n) is 3.75. The molecule has 0 aromatic heterocycles. The predicted molar refractivity (Wildman–Crippen MR) is 88.2 cm³/mol. The molecule has 3 amide bonds. The molecule has 1 aromatic carbocycles. The number of nitrogens with one attached hydrogen (secondary N) is 2. The van der Waals surface area contributed by atoms with E-state index in [1.165, 1.54) is 4.90 Å². The molecular formula is C16H22N4O3. The molecule has 0 spiro atoms. The van der Waals surface area contributed by atoms with Gasteiger partial charge in [-0.05, 0) is 19.2 Å². The number of para-hydroxylation sites is 2. The summed E-state index contributed by atoms with van der Waals surface area (Å²) >= 11 is 0. The Morgan fingerprint density at radius 1 is 1.30 bits per heavy atom. The molecule has 0 saturated carbocycles. The number of nitrogens with zero attached hydrogens (tertiary/aromatic N) is 2. The van der Waals surface area contributed by atoms with Gasteiger partial charge in [-0.2, -0.15) is 0 Å². The predicted octanol–water partition coefficient (Wildman–Crippen LogP) is 0.430. The van der Waals surface area contributed by atoms with E-state index < -0.39 is 0 Å². The highest BCUT2D eigenvalue weighted by molar-refractivity contribution is 6.10. The molecule has 0 radical (unpaired) electrons. The van der Waals surface area contributed by atoms with Crippen molar-refractivity contribution in [2.45, 2.75) is 12.8 Å². The molecule has 0 fully saturated rings. The third-order valence-corrected chi connectivity index (χ3v) is 3.75. The van der Waals surface area contributed by atoms with E-state index in [1.54, 1.807) is 30.1 Å². The number of benzene rings is 1. The van der Waals surface area contributed by atoms with Gasteiger partial charge in [0.15, 0.2) is 0 Å². The van der Waals surface area contributed by atoms with Crippen molar-refractivity contribution >= 4 is 29.1 Å². The highest BCUT2D eigenvalue weighted by Gasteiger charge is 2.26. The van der Waals surface area contributed by atoms with Crippen molar-refractivity contribution in [3.05, 3.63) is 24.3 Å². The Kier molecular flexibility index (Phi) is 5.70. The van der Waals surface area contributed by atoms with Gasteiger partial charge in [0.2, 0.25) is 17.7 Å². The first-order valence-electron chi connectivity index (χ1n) is 7.60. The van der Waals surface area contributed by atoms with Crippen LogP contribution in [0.3, 0.4) is 0 Å². The van der Waals surface area contributed by atoms with Crippen LogP contribution in [0.15, 0.2) is 24.3 Å². The lowest BCUT2D eigenvalue weighted by molar-refractivity contribution is -0.132.